The summed E-state index contributed by atoms with van der Waals surface area (Å²) in [6.07, 6.45) is 0. The number of hydrogen-bond donors (Lipinski definition) is 0. The van der Waals surface area contributed by atoms with Crippen LogP contribution in [0.5, 0.6) is 11.5 Å². The molecule has 0 heterocycles. The van der Waals surface area contributed by atoms with Gasteiger partial charge in [0.05, 0.1) is 25.3 Å². The highest BCUT2D eigenvalue weighted by Gasteiger charge is 2.12. The van der Waals surface area contributed by atoms with Gasteiger partial charge in [-0.15, -0.1) is 0 Å². The minimum absolute atomic E-state index is 0.290. The van der Waals surface area contributed by atoms with Crippen LogP contribution in [0.1, 0.15) is 30.5 Å². The number of rotatable bonds is 8. The van der Waals surface area contributed by atoms with Gasteiger partial charge >= 0.3 is 0 Å². The molecule has 0 bridgehead atoms. The van der Waals surface area contributed by atoms with Gasteiger partial charge < -0.3 is 9.47 Å². The van der Waals surface area contributed by atoms with Crippen molar-refractivity contribution in [2.75, 3.05) is 20.3 Å². The number of halogens is 1. The Labute approximate surface area is 148 Å². The summed E-state index contributed by atoms with van der Waals surface area (Å²) >= 11 is 0. The number of nitrogens with zero attached hydrogens (tertiary/aromatic N) is 2. The number of benzene rings is 2. The Morgan fingerprint density at radius 1 is 1.08 bits per heavy atom. The lowest BCUT2D eigenvalue weighted by atomic mass is 10.1. The van der Waals surface area contributed by atoms with Crippen LogP contribution < -0.4 is 9.47 Å². The van der Waals surface area contributed by atoms with E-state index < -0.39 is 0 Å². The fraction of sp³-hybridized carbons (Fsp3) is 0.350. The van der Waals surface area contributed by atoms with E-state index in [1.807, 2.05) is 32.0 Å². The van der Waals surface area contributed by atoms with Crippen LogP contribution >= 0.6 is 0 Å². The largest absolute Gasteiger partial charge is 0.493 e. The molecule has 4 nitrogen and oxygen atoms in total. The fourth-order valence-electron chi connectivity index (χ4n) is 2.63. The summed E-state index contributed by atoms with van der Waals surface area (Å²) in [6, 6.07) is 12.3. The van der Waals surface area contributed by atoms with Gasteiger partial charge in [0.25, 0.3) is 0 Å². The molecule has 0 unspecified atom stereocenters. The maximum Gasteiger partial charge on any atom is 0.161 e. The maximum atomic E-state index is 14.0. The quantitative estimate of drug-likeness (QED) is 0.724. The minimum Gasteiger partial charge on any atom is -0.493 e. The Hall–Kier alpha value is -2.58. The van der Waals surface area contributed by atoms with E-state index in [0.717, 1.165) is 12.1 Å². The van der Waals surface area contributed by atoms with Gasteiger partial charge in [0.15, 0.2) is 11.5 Å². The van der Waals surface area contributed by atoms with E-state index in [2.05, 4.69) is 11.0 Å². The summed E-state index contributed by atoms with van der Waals surface area (Å²) in [4.78, 5) is 2.11. The Balaban J connectivity index is 2.16. The number of ether oxygens (including phenoxy) is 2. The molecule has 0 amide bonds. The average molecular weight is 342 g/mol. The molecule has 2 aromatic carbocycles. The molecular weight excluding hydrogens is 319 g/mol. The van der Waals surface area contributed by atoms with Crippen molar-refractivity contribution in [2.45, 2.75) is 26.9 Å². The zero-order valence-electron chi connectivity index (χ0n) is 14.9. The topological polar surface area (TPSA) is 45.5 Å². The average Bonchev–Trinajstić information content (AvgIpc) is 2.64. The third-order valence-electron chi connectivity index (χ3n) is 3.95. The third-order valence-corrected chi connectivity index (χ3v) is 3.95. The van der Waals surface area contributed by atoms with E-state index >= 15 is 0 Å². The summed E-state index contributed by atoms with van der Waals surface area (Å²) in [6.45, 7) is 6.37. The Kier molecular flexibility index (Phi) is 6.79. The molecule has 2 rings (SSSR count). The molecule has 0 saturated carbocycles. The molecule has 132 valence electrons. The second-order valence-corrected chi connectivity index (χ2v) is 5.64. The first kappa shape index (κ1) is 18.8. The van der Waals surface area contributed by atoms with Crippen molar-refractivity contribution in [1.29, 1.82) is 5.26 Å². The van der Waals surface area contributed by atoms with Gasteiger partial charge in [-0.3, -0.25) is 4.90 Å². The standard InChI is InChI=1S/C20H23FN2O2/c1-4-23(14-17-10-15(12-22)6-8-18(17)21)13-16-7-9-19(25-5-2)20(11-16)24-3/h6-11H,4-5,13-14H2,1-3H3. The highest BCUT2D eigenvalue weighted by Crippen LogP contribution is 2.28. The highest BCUT2D eigenvalue weighted by molar-refractivity contribution is 5.43. The zero-order valence-corrected chi connectivity index (χ0v) is 14.9. The van der Waals surface area contributed by atoms with Crippen LogP contribution in [0.25, 0.3) is 0 Å². The van der Waals surface area contributed by atoms with Crippen LogP contribution in [-0.2, 0) is 13.1 Å². The highest BCUT2D eigenvalue weighted by atomic mass is 19.1. The van der Waals surface area contributed by atoms with Gasteiger partial charge in [-0.05, 0) is 49.4 Å². The van der Waals surface area contributed by atoms with E-state index in [-0.39, 0.29) is 5.82 Å². The fourth-order valence-corrected chi connectivity index (χ4v) is 2.63. The first-order valence-electron chi connectivity index (χ1n) is 8.31. The molecule has 2 aromatic rings. The van der Waals surface area contributed by atoms with Crippen LogP contribution in [-0.4, -0.2) is 25.2 Å². The Bertz CT molecular complexity index is 756. The van der Waals surface area contributed by atoms with Gasteiger partial charge in [-0.2, -0.15) is 5.26 Å². The summed E-state index contributed by atoms with van der Waals surface area (Å²) < 4.78 is 24.9. The molecule has 0 aliphatic rings. The van der Waals surface area contributed by atoms with E-state index in [1.165, 1.54) is 12.1 Å². The molecule has 0 saturated heterocycles. The minimum atomic E-state index is -0.290. The molecule has 0 aliphatic carbocycles. The monoisotopic (exact) mass is 342 g/mol. The molecule has 25 heavy (non-hydrogen) atoms. The van der Waals surface area contributed by atoms with Crippen molar-refractivity contribution in [3.63, 3.8) is 0 Å². The third kappa shape index (κ3) is 4.94. The second kappa shape index (κ2) is 9.05. The summed E-state index contributed by atoms with van der Waals surface area (Å²) in [5.41, 5.74) is 2.05. The lowest BCUT2D eigenvalue weighted by molar-refractivity contribution is 0.266. The van der Waals surface area contributed by atoms with E-state index in [0.29, 0.717) is 42.3 Å². The van der Waals surface area contributed by atoms with Crippen molar-refractivity contribution in [3.05, 3.63) is 58.9 Å². The molecule has 0 spiro atoms. The molecule has 0 atom stereocenters. The molecule has 0 aromatic heterocycles. The predicted molar refractivity (Wildman–Crippen MR) is 95.1 cm³/mol. The van der Waals surface area contributed by atoms with Crippen LogP contribution in [0.2, 0.25) is 0 Å². The van der Waals surface area contributed by atoms with E-state index in [4.69, 9.17) is 14.7 Å². The molecule has 0 fully saturated rings. The molecule has 0 N–H and O–H groups in total. The number of hydrogen-bond acceptors (Lipinski definition) is 4. The van der Waals surface area contributed by atoms with Gasteiger partial charge in [0.2, 0.25) is 0 Å². The van der Waals surface area contributed by atoms with Crippen LogP contribution in [0.15, 0.2) is 36.4 Å². The van der Waals surface area contributed by atoms with Crippen molar-refractivity contribution < 1.29 is 13.9 Å². The van der Waals surface area contributed by atoms with E-state index in [1.54, 1.807) is 13.2 Å². The zero-order chi connectivity index (χ0) is 18.2. The molecule has 0 aliphatic heterocycles. The van der Waals surface area contributed by atoms with Crippen molar-refractivity contribution in [3.8, 4) is 17.6 Å². The SMILES string of the molecule is CCOc1ccc(CN(CC)Cc2cc(C#N)ccc2F)cc1OC. The first-order valence-corrected chi connectivity index (χ1v) is 8.31. The second-order valence-electron chi connectivity index (χ2n) is 5.64. The van der Waals surface area contributed by atoms with Gasteiger partial charge in [-0.1, -0.05) is 13.0 Å². The summed E-state index contributed by atoms with van der Waals surface area (Å²) in [5.74, 6) is 1.11. The maximum absolute atomic E-state index is 14.0. The van der Waals surface area contributed by atoms with Gasteiger partial charge in [-0.25, -0.2) is 4.39 Å². The van der Waals surface area contributed by atoms with Crippen molar-refractivity contribution >= 4 is 0 Å². The van der Waals surface area contributed by atoms with Crippen LogP contribution in [0.4, 0.5) is 4.39 Å². The summed E-state index contributed by atoms with van der Waals surface area (Å²) in [7, 11) is 1.61. The molecular formula is C20H23FN2O2. The smallest absolute Gasteiger partial charge is 0.161 e. The van der Waals surface area contributed by atoms with Crippen molar-refractivity contribution in [1.82, 2.24) is 4.90 Å². The Morgan fingerprint density at radius 2 is 1.88 bits per heavy atom. The normalized spacial score (nSPS) is 10.6. The van der Waals surface area contributed by atoms with Gasteiger partial charge in [0.1, 0.15) is 5.82 Å². The molecule has 0 radical (unpaired) electrons. The van der Waals surface area contributed by atoms with Gasteiger partial charge in [0, 0.05) is 18.7 Å². The van der Waals surface area contributed by atoms with Crippen molar-refractivity contribution in [2.24, 2.45) is 0 Å². The Morgan fingerprint density at radius 3 is 2.52 bits per heavy atom. The number of nitriles is 1. The number of methoxy groups -OCH3 is 1. The van der Waals surface area contributed by atoms with E-state index in [9.17, 15) is 4.39 Å². The predicted octanol–water partition coefficient (Wildman–Crippen LogP) is 4.13. The first-order chi connectivity index (χ1) is 12.1. The summed E-state index contributed by atoms with van der Waals surface area (Å²) in [5, 5.41) is 9.00. The lowest BCUT2D eigenvalue weighted by Crippen LogP contribution is -2.23. The van der Waals surface area contributed by atoms with Crippen LogP contribution in [0, 0.1) is 17.1 Å². The molecule has 5 heteroatoms. The lowest BCUT2D eigenvalue weighted by Gasteiger charge is -2.21. The van der Waals surface area contributed by atoms with Crippen LogP contribution in [0.3, 0.4) is 0 Å².